The molecule has 0 fully saturated rings. The van der Waals surface area contributed by atoms with Crippen LogP contribution in [-0.2, 0) is 9.47 Å². The van der Waals surface area contributed by atoms with Crippen LogP contribution in [0.5, 0.6) is 0 Å². The van der Waals surface area contributed by atoms with Crippen LogP contribution in [0.15, 0.2) is 81.2 Å². The van der Waals surface area contributed by atoms with Gasteiger partial charge in [0.25, 0.3) is 0 Å². The minimum Gasteiger partial charge on any atom is -0.379 e. The van der Waals surface area contributed by atoms with Crippen molar-refractivity contribution < 1.29 is 10.8 Å². The van der Waals surface area contributed by atoms with Gasteiger partial charge in [0, 0.05) is 38.4 Å². The smallest absolute Gasteiger partial charge is 0.0878 e. The first-order valence-electron chi connectivity index (χ1n) is 11.4. The normalized spacial score (nSPS) is 33.5. The van der Waals surface area contributed by atoms with E-state index in [4.69, 9.17) is 19.5 Å². The first-order valence-corrected chi connectivity index (χ1v) is 10.8. The predicted octanol–water partition coefficient (Wildman–Crippen LogP) is 2.43. The third-order valence-corrected chi connectivity index (χ3v) is 6.26. The van der Waals surface area contributed by atoms with Crippen molar-refractivity contribution in [2.45, 2.75) is 38.0 Å². The lowest BCUT2D eigenvalue weighted by Gasteiger charge is -2.34. The lowest BCUT2D eigenvalue weighted by atomic mass is 9.86. The van der Waals surface area contributed by atoms with E-state index in [9.17, 15) is 1.37 Å². The summed E-state index contributed by atoms with van der Waals surface area (Å²) in [6.07, 6.45) is 14.8. The number of ether oxygens (including phenoxy) is 2. The average Bonchev–Trinajstić information content (AvgIpc) is 3.58. The first-order chi connectivity index (χ1) is 15.9. The molecule has 0 aromatic carbocycles. The van der Waals surface area contributed by atoms with E-state index in [1.54, 1.807) is 14.2 Å². The van der Waals surface area contributed by atoms with E-state index < -0.39 is 11.9 Å². The maximum Gasteiger partial charge on any atom is 0.0878 e. The Morgan fingerprint density at radius 1 is 0.938 bits per heavy atom. The summed E-state index contributed by atoms with van der Waals surface area (Å²) in [6.45, 7) is 3.95. The van der Waals surface area contributed by atoms with Gasteiger partial charge in [-0.1, -0.05) is 0 Å². The van der Waals surface area contributed by atoms with E-state index >= 15 is 0 Å². The number of aromatic nitrogens is 1. The van der Waals surface area contributed by atoms with Gasteiger partial charge >= 0.3 is 0 Å². The highest BCUT2D eigenvalue weighted by Gasteiger charge is 2.43. The van der Waals surface area contributed by atoms with E-state index in [1.165, 1.54) is 0 Å². The van der Waals surface area contributed by atoms with Crippen molar-refractivity contribution in [3.05, 3.63) is 82.0 Å². The number of aromatic amines is 1. The second kappa shape index (κ2) is 8.04. The number of nitrogens with one attached hydrogen (secondary N) is 2. The quantitative estimate of drug-likeness (QED) is 0.772. The zero-order chi connectivity index (χ0) is 23.2. The van der Waals surface area contributed by atoms with Gasteiger partial charge in [0.1, 0.15) is 0 Å². The van der Waals surface area contributed by atoms with Gasteiger partial charge in [-0.3, -0.25) is 0 Å². The molecule has 0 aliphatic carbocycles. The summed E-state index contributed by atoms with van der Waals surface area (Å²) in [7, 11) is 3.34. The summed E-state index contributed by atoms with van der Waals surface area (Å²) in [4.78, 5) is 13.0. The Kier molecular flexibility index (Phi) is 4.89. The van der Waals surface area contributed by atoms with E-state index in [0.29, 0.717) is 0 Å². The zero-order valence-electron chi connectivity index (χ0n) is 19.7. The molecule has 0 spiro atoms. The molecule has 4 atom stereocenters. The van der Waals surface area contributed by atoms with Crippen LogP contribution in [0.1, 0.15) is 21.6 Å². The van der Waals surface area contributed by atoms with E-state index in [-0.39, 0.29) is 12.2 Å². The molecular formula is C26H28N4O2. The van der Waals surface area contributed by atoms with Crippen LogP contribution in [0.3, 0.4) is 0 Å². The van der Waals surface area contributed by atoms with Gasteiger partial charge in [0.2, 0.25) is 0 Å². The molecule has 0 saturated heterocycles. The molecule has 164 valence electrons. The summed E-state index contributed by atoms with van der Waals surface area (Å²) >= 11 is 0. The lowest BCUT2D eigenvalue weighted by Crippen LogP contribution is -2.49. The van der Waals surface area contributed by atoms with Crippen molar-refractivity contribution in [1.29, 1.82) is 0 Å². The van der Waals surface area contributed by atoms with Crippen LogP contribution in [0, 0.1) is 0 Å². The number of methoxy groups -OCH3 is 2. The van der Waals surface area contributed by atoms with Gasteiger partial charge in [-0.25, -0.2) is 9.98 Å². The summed E-state index contributed by atoms with van der Waals surface area (Å²) in [5.41, 5.74) is 4.20. The van der Waals surface area contributed by atoms with Crippen LogP contribution < -0.4 is 16.0 Å². The molecule has 8 bridgehead atoms. The highest BCUT2D eigenvalue weighted by Crippen LogP contribution is 2.38. The Hall–Kier alpha value is -3.22. The second-order valence-electron chi connectivity index (χ2n) is 8.36. The maximum atomic E-state index is 9.29. The monoisotopic (exact) mass is 429 g/mol. The summed E-state index contributed by atoms with van der Waals surface area (Å²) in [5.74, 6) is 0. The molecule has 5 heterocycles. The standard InChI is InChI=1S/C26H28N4O2/c1-16(31-3)24-15-26(17(2)32-4)14-23-10-9-21(29-23)12-19-6-5-18(27-19)11-20-7-8-22(28-20)13-25(24)30-26/h5-14,16-17,27,30H,15H2,1-4H3/b18-11-,19-12-,22-13-,23-14-/i15D. The van der Waals surface area contributed by atoms with Gasteiger partial charge in [-0.2, -0.15) is 0 Å². The molecule has 1 aromatic rings. The highest BCUT2D eigenvalue weighted by atomic mass is 16.5. The molecular weight excluding hydrogens is 400 g/mol. The van der Waals surface area contributed by atoms with Crippen molar-refractivity contribution in [1.82, 2.24) is 10.3 Å². The third-order valence-electron chi connectivity index (χ3n) is 6.26. The molecule has 5 rings (SSSR count). The molecule has 4 aliphatic rings. The van der Waals surface area contributed by atoms with Gasteiger partial charge < -0.3 is 19.8 Å². The Balaban J connectivity index is 1.75. The number of allylic oxidation sites excluding steroid dienone is 5. The number of nitrogens with zero attached hydrogens (tertiary/aromatic N) is 2. The van der Waals surface area contributed by atoms with E-state index in [0.717, 1.165) is 44.8 Å². The minimum absolute atomic E-state index is 0.248. The molecule has 4 aliphatic heterocycles. The number of rotatable bonds is 4. The van der Waals surface area contributed by atoms with E-state index in [1.807, 2.05) is 74.6 Å². The second-order valence-corrected chi connectivity index (χ2v) is 8.36. The fourth-order valence-electron chi connectivity index (χ4n) is 4.29. The van der Waals surface area contributed by atoms with Crippen LogP contribution in [0.4, 0.5) is 0 Å². The Bertz CT molecular complexity index is 1320. The summed E-state index contributed by atoms with van der Waals surface area (Å²) in [6, 6.07) is 4.06. The van der Waals surface area contributed by atoms with Crippen LogP contribution in [0.25, 0.3) is 12.2 Å². The Morgan fingerprint density at radius 3 is 2.25 bits per heavy atom. The molecule has 0 amide bonds. The molecule has 0 saturated carbocycles. The molecule has 6 nitrogen and oxygen atoms in total. The Morgan fingerprint density at radius 2 is 1.59 bits per heavy atom. The fourth-order valence-corrected chi connectivity index (χ4v) is 4.29. The third kappa shape index (κ3) is 3.76. The van der Waals surface area contributed by atoms with Gasteiger partial charge in [-0.15, -0.1) is 0 Å². The van der Waals surface area contributed by atoms with Crippen LogP contribution in [0.2, 0.25) is 0 Å². The highest BCUT2D eigenvalue weighted by molar-refractivity contribution is 6.20. The van der Waals surface area contributed by atoms with Crippen LogP contribution >= 0.6 is 0 Å². The number of hydrogen-bond acceptors (Lipinski definition) is 5. The lowest BCUT2D eigenvalue weighted by molar-refractivity contribution is 0.0584. The number of aliphatic imine (C=N–C) groups is 2. The van der Waals surface area contributed by atoms with E-state index in [2.05, 4.69) is 10.3 Å². The van der Waals surface area contributed by atoms with Crippen molar-refractivity contribution in [3.63, 3.8) is 0 Å². The molecule has 4 unspecified atom stereocenters. The SMILES string of the molecule is [2H]C1C(C(C)OC)=C2/C=C3/C=CC(=N3)/C=c3/cc/c([nH]3)=C/C3=NC(=C\C1(C(C)OC)N2)/C=C3. The number of hydrogen-bond donors (Lipinski definition) is 2. The van der Waals surface area contributed by atoms with Crippen molar-refractivity contribution in [2.24, 2.45) is 9.98 Å². The Labute approximate surface area is 189 Å². The average molecular weight is 430 g/mol. The summed E-state index contributed by atoms with van der Waals surface area (Å²) < 4.78 is 20.8. The van der Waals surface area contributed by atoms with Crippen molar-refractivity contribution in [2.75, 3.05) is 14.2 Å². The van der Waals surface area contributed by atoms with Crippen LogP contribution in [-0.4, -0.2) is 48.4 Å². The molecule has 0 radical (unpaired) electrons. The van der Waals surface area contributed by atoms with Gasteiger partial charge in [0.05, 0.1) is 40.6 Å². The molecule has 1 aromatic heterocycles. The molecule has 2 N–H and O–H groups in total. The van der Waals surface area contributed by atoms with Gasteiger partial charge in [0.15, 0.2) is 0 Å². The number of H-pyrrole nitrogens is 1. The molecule has 32 heavy (non-hydrogen) atoms. The topological polar surface area (TPSA) is 71.0 Å². The van der Waals surface area contributed by atoms with Crippen molar-refractivity contribution >= 4 is 23.6 Å². The predicted molar refractivity (Wildman–Crippen MR) is 129 cm³/mol. The number of fused-ring (bicyclic) bond motifs is 6. The zero-order valence-corrected chi connectivity index (χ0v) is 18.7. The first kappa shape index (κ1) is 19.5. The maximum absolute atomic E-state index is 9.29. The largest absolute Gasteiger partial charge is 0.379 e. The van der Waals surface area contributed by atoms with Gasteiger partial charge in [-0.05, 0) is 80.2 Å². The fraction of sp³-hybridized carbons (Fsp3) is 0.308. The minimum atomic E-state index is -0.820. The molecule has 6 heteroatoms. The summed E-state index contributed by atoms with van der Waals surface area (Å²) in [5, 5.41) is 5.56. The van der Waals surface area contributed by atoms with Crippen molar-refractivity contribution in [3.8, 4) is 0 Å².